The summed E-state index contributed by atoms with van der Waals surface area (Å²) < 4.78 is 40.8. The van der Waals surface area contributed by atoms with E-state index in [1.165, 1.54) is 40.7 Å². The van der Waals surface area contributed by atoms with Crippen LogP contribution in [-0.2, 0) is 21.4 Å². The van der Waals surface area contributed by atoms with Crippen molar-refractivity contribution in [3.05, 3.63) is 66.0 Å². The Morgan fingerprint density at radius 2 is 1.62 bits per heavy atom. The highest BCUT2D eigenvalue weighted by atomic mass is 32.2. The van der Waals surface area contributed by atoms with E-state index in [4.69, 9.17) is 0 Å². The van der Waals surface area contributed by atoms with E-state index >= 15 is 0 Å². The first-order valence-electron chi connectivity index (χ1n) is 9.70. The monoisotopic (exact) mass is 419 g/mol. The third kappa shape index (κ3) is 5.41. The molecule has 1 saturated heterocycles. The smallest absolute Gasteiger partial charge is 0.243 e. The SMILES string of the molecule is CCN1CCN(C(=O)CN(Cc2ccc(F)cc2)S(=O)(=O)c2ccccc2)CC1. The van der Waals surface area contributed by atoms with Gasteiger partial charge >= 0.3 is 0 Å². The van der Waals surface area contributed by atoms with Crippen molar-refractivity contribution >= 4 is 15.9 Å². The average molecular weight is 420 g/mol. The van der Waals surface area contributed by atoms with E-state index in [0.29, 0.717) is 18.7 Å². The molecule has 6 nitrogen and oxygen atoms in total. The summed E-state index contributed by atoms with van der Waals surface area (Å²) in [6.45, 7) is 5.50. The maximum absolute atomic E-state index is 13.2. The number of halogens is 1. The minimum absolute atomic E-state index is 0.00181. The number of sulfonamides is 1. The molecule has 1 heterocycles. The zero-order valence-electron chi connectivity index (χ0n) is 16.5. The minimum Gasteiger partial charge on any atom is -0.339 e. The van der Waals surface area contributed by atoms with Crippen molar-refractivity contribution in [3.63, 3.8) is 0 Å². The summed E-state index contributed by atoms with van der Waals surface area (Å²) in [6.07, 6.45) is 0. The number of rotatable bonds is 7. The fourth-order valence-electron chi connectivity index (χ4n) is 3.33. The minimum atomic E-state index is -3.88. The van der Waals surface area contributed by atoms with Crippen molar-refractivity contribution in [2.75, 3.05) is 39.3 Å². The molecule has 1 aliphatic heterocycles. The first-order valence-corrected chi connectivity index (χ1v) is 11.1. The van der Waals surface area contributed by atoms with E-state index in [0.717, 1.165) is 19.6 Å². The molecule has 156 valence electrons. The summed E-state index contributed by atoms with van der Waals surface area (Å²) in [6, 6.07) is 13.7. The van der Waals surface area contributed by atoms with Gasteiger partial charge in [-0.05, 0) is 36.4 Å². The van der Waals surface area contributed by atoms with E-state index in [-0.39, 0.29) is 23.9 Å². The predicted octanol–water partition coefficient (Wildman–Crippen LogP) is 2.18. The lowest BCUT2D eigenvalue weighted by Crippen LogP contribution is -2.51. The Labute approximate surface area is 171 Å². The molecule has 0 saturated carbocycles. The third-order valence-corrected chi connectivity index (χ3v) is 6.94. The van der Waals surface area contributed by atoms with E-state index in [1.54, 1.807) is 23.1 Å². The molecule has 29 heavy (non-hydrogen) atoms. The van der Waals surface area contributed by atoms with Gasteiger partial charge in [0.1, 0.15) is 5.82 Å². The highest BCUT2D eigenvalue weighted by Gasteiger charge is 2.29. The molecule has 1 amide bonds. The second kappa shape index (κ2) is 9.47. The Hall–Kier alpha value is -2.29. The average Bonchev–Trinajstić information content (AvgIpc) is 2.75. The summed E-state index contributed by atoms with van der Waals surface area (Å²) in [5, 5.41) is 0. The molecule has 0 radical (unpaired) electrons. The molecule has 0 bridgehead atoms. The van der Waals surface area contributed by atoms with Crippen molar-refractivity contribution in [2.45, 2.75) is 18.4 Å². The van der Waals surface area contributed by atoms with E-state index in [1.807, 2.05) is 0 Å². The number of carbonyl (C=O) groups excluding carboxylic acids is 1. The maximum Gasteiger partial charge on any atom is 0.243 e. The molecule has 0 N–H and O–H groups in total. The van der Waals surface area contributed by atoms with Gasteiger partial charge in [0.25, 0.3) is 0 Å². The van der Waals surface area contributed by atoms with Crippen LogP contribution in [0.1, 0.15) is 12.5 Å². The van der Waals surface area contributed by atoms with Crippen molar-refractivity contribution < 1.29 is 17.6 Å². The Bertz CT molecular complexity index is 912. The van der Waals surface area contributed by atoms with Gasteiger partial charge in [-0.2, -0.15) is 4.31 Å². The first kappa shape index (κ1) is 21.4. The van der Waals surface area contributed by atoms with E-state index in [2.05, 4.69) is 11.8 Å². The normalized spacial score (nSPS) is 15.6. The Morgan fingerprint density at radius 3 is 2.21 bits per heavy atom. The van der Waals surface area contributed by atoms with Gasteiger partial charge in [0.05, 0.1) is 11.4 Å². The fraction of sp³-hybridized carbons (Fsp3) is 0.381. The lowest BCUT2D eigenvalue weighted by Gasteiger charge is -2.35. The van der Waals surface area contributed by atoms with Crippen LogP contribution in [0.3, 0.4) is 0 Å². The van der Waals surface area contributed by atoms with Gasteiger partial charge in [0.2, 0.25) is 15.9 Å². The second-order valence-corrected chi connectivity index (χ2v) is 8.97. The molecule has 2 aromatic rings. The molecule has 2 aromatic carbocycles. The summed E-state index contributed by atoms with van der Waals surface area (Å²) in [5.41, 5.74) is 0.620. The zero-order chi connectivity index (χ0) is 20.9. The van der Waals surface area contributed by atoms with Crippen LogP contribution < -0.4 is 0 Å². The third-order valence-electron chi connectivity index (χ3n) is 5.14. The van der Waals surface area contributed by atoms with Gasteiger partial charge in [-0.25, -0.2) is 12.8 Å². The summed E-state index contributed by atoms with van der Waals surface area (Å²) in [7, 11) is -3.88. The Kier molecular flexibility index (Phi) is 7.00. The van der Waals surface area contributed by atoms with Crippen LogP contribution in [0.25, 0.3) is 0 Å². The van der Waals surface area contributed by atoms with Crippen LogP contribution in [0.4, 0.5) is 4.39 Å². The van der Waals surface area contributed by atoms with Crippen molar-refractivity contribution in [3.8, 4) is 0 Å². The first-order chi connectivity index (χ1) is 13.9. The highest BCUT2D eigenvalue weighted by Crippen LogP contribution is 2.19. The van der Waals surface area contributed by atoms with Crippen LogP contribution in [0.2, 0.25) is 0 Å². The number of likely N-dealkylation sites (N-methyl/N-ethyl adjacent to an activating group) is 1. The van der Waals surface area contributed by atoms with Gasteiger partial charge in [-0.3, -0.25) is 4.79 Å². The Morgan fingerprint density at radius 1 is 1.00 bits per heavy atom. The standard InChI is InChI=1S/C21H26FN3O3S/c1-2-23-12-14-24(15-13-23)21(26)17-25(16-18-8-10-19(22)11-9-18)29(27,28)20-6-4-3-5-7-20/h3-11H,2,12-17H2,1H3. The van der Waals surface area contributed by atoms with Gasteiger partial charge in [0, 0.05) is 32.7 Å². The molecular formula is C21H26FN3O3S. The summed E-state index contributed by atoms with van der Waals surface area (Å²) in [4.78, 5) is 17.0. The van der Waals surface area contributed by atoms with Crippen molar-refractivity contribution in [1.82, 2.24) is 14.1 Å². The molecule has 3 rings (SSSR count). The molecule has 0 aromatic heterocycles. The van der Waals surface area contributed by atoms with Crippen molar-refractivity contribution in [2.24, 2.45) is 0 Å². The van der Waals surface area contributed by atoms with Gasteiger partial charge in [-0.1, -0.05) is 37.3 Å². The fourth-order valence-corrected chi connectivity index (χ4v) is 4.72. The lowest BCUT2D eigenvalue weighted by molar-refractivity contribution is -0.133. The largest absolute Gasteiger partial charge is 0.339 e. The molecular weight excluding hydrogens is 393 g/mol. The highest BCUT2D eigenvalue weighted by molar-refractivity contribution is 7.89. The van der Waals surface area contributed by atoms with Gasteiger partial charge < -0.3 is 9.80 Å². The van der Waals surface area contributed by atoms with Crippen LogP contribution in [-0.4, -0.2) is 67.7 Å². The molecule has 1 fully saturated rings. The predicted molar refractivity (Wildman–Crippen MR) is 109 cm³/mol. The number of benzene rings is 2. The molecule has 0 atom stereocenters. The number of carbonyl (C=O) groups is 1. The molecule has 0 aliphatic carbocycles. The molecule has 8 heteroatoms. The maximum atomic E-state index is 13.2. The number of amides is 1. The van der Waals surface area contributed by atoms with E-state index in [9.17, 15) is 17.6 Å². The number of piperazine rings is 1. The van der Waals surface area contributed by atoms with Gasteiger partial charge in [-0.15, -0.1) is 0 Å². The number of hydrogen-bond donors (Lipinski definition) is 0. The number of hydrogen-bond acceptors (Lipinski definition) is 4. The van der Waals surface area contributed by atoms with Crippen LogP contribution in [0, 0.1) is 5.82 Å². The topological polar surface area (TPSA) is 60.9 Å². The quantitative estimate of drug-likeness (QED) is 0.690. The van der Waals surface area contributed by atoms with Crippen LogP contribution in [0.15, 0.2) is 59.5 Å². The van der Waals surface area contributed by atoms with E-state index < -0.39 is 15.8 Å². The lowest BCUT2D eigenvalue weighted by atomic mass is 10.2. The molecule has 1 aliphatic rings. The molecule has 0 spiro atoms. The summed E-state index contributed by atoms with van der Waals surface area (Å²) >= 11 is 0. The van der Waals surface area contributed by atoms with Crippen LogP contribution in [0.5, 0.6) is 0 Å². The van der Waals surface area contributed by atoms with Crippen LogP contribution >= 0.6 is 0 Å². The van der Waals surface area contributed by atoms with Crippen molar-refractivity contribution in [1.29, 1.82) is 0 Å². The summed E-state index contributed by atoms with van der Waals surface area (Å²) in [5.74, 6) is -0.613. The second-order valence-electron chi connectivity index (χ2n) is 7.03. The zero-order valence-corrected chi connectivity index (χ0v) is 17.3. The number of nitrogens with zero attached hydrogens (tertiary/aromatic N) is 3. The molecule has 0 unspecified atom stereocenters. The van der Waals surface area contributed by atoms with Gasteiger partial charge in [0.15, 0.2) is 0 Å². The Balaban J connectivity index is 1.81.